The van der Waals surface area contributed by atoms with Crippen molar-refractivity contribution >= 4 is 11.8 Å². The highest BCUT2D eigenvalue weighted by Crippen LogP contribution is 2.39. The van der Waals surface area contributed by atoms with Crippen LogP contribution in [0.5, 0.6) is 0 Å². The monoisotopic (exact) mass is 212 g/mol. The van der Waals surface area contributed by atoms with Crippen LogP contribution in [0.4, 0.5) is 0 Å². The molecular formula is C11H20N2S. The Morgan fingerprint density at radius 2 is 2.21 bits per heavy atom. The molecular weight excluding hydrogens is 192 g/mol. The Labute approximate surface area is 90.8 Å². The Balaban J connectivity index is 1.46. The maximum absolute atomic E-state index is 3.37. The van der Waals surface area contributed by atoms with Gasteiger partial charge in [-0.2, -0.15) is 11.8 Å². The number of thioether (sulfide) groups is 1. The minimum Gasteiger partial charge on any atom is -0.317 e. The van der Waals surface area contributed by atoms with E-state index in [1.54, 1.807) is 0 Å². The number of nitrogens with zero attached hydrogens (tertiary/aromatic N) is 1. The molecule has 0 aromatic carbocycles. The van der Waals surface area contributed by atoms with E-state index in [-0.39, 0.29) is 0 Å². The van der Waals surface area contributed by atoms with Gasteiger partial charge in [0.2, 0.25) is 0 Å². The van der Waals surface area contributed by atoms with Crippen LogP contribution in [0.15, 0.2) is 0 Å². The first-order valence-corrected chi connectivity index (χ1v) is 6.93. The highest BCUT2D eigenvalue weighted by Gasteiger charge is 2.40. The van der Waals surface area contributed by atoms with Crippen molar-refractivity contribution in [3.8, 4) is 0 Å². The second kappa shape index (κ2) is 3.69. The molecule has 0 amide bonds. The van der Waals surface area contributed by atoms with E-state index in [0.29, 0.717) is 0 Å². The Morgan fingerprint density at radius 3 is 2.79 bits per heavy atom. The maximum Gasteiger partial charge on any atom is 0.0198 e. The largest absolute Gasteiger partial charge is 0.317 e. The van der Waals surface area contributed by atoms with Gasteiger partial charge in [-0.15, -0.1) is 0 Å². The molecule has 80 valence electrons. The van der Waals surface area contributed by atoms with Crippen LogP contribution in [0.1, 0.15) is 19.3 Å². The van der Waals surface area contributed by atoms with Crippen molar-refractivity contribution in [3.05, 3.63) is 0 Å². The first kappa shape index (κ1) is 9.49. The van der Waals surface area contributed by atoms with Gasteiger partial charge in [0.05, 0.1) is 0 Å². The van der Waals surface area contributed by atoms with Crippen molar-refractivity contribution in [3.63, 3.8) is 0 Å². The summed E-state index contributed by atoms with van der Waals surface area (Å²) in [6, 6.07) is 1.77. The second-order valence-electron chi connectivity index (χ2n) is 5.12. The lowest BCUT2D eigenvalue weighted by atomic mass is 9.80. The van der Waals surface area contributed by atoms with Gasteiger partial charge in [0, 0.05) is 36.2 Å². The Hall–Kier alpha value is 0.270. The Kier molecular flexibility index (Phi) is 2.50. The fourth-order valence-electron chi connectivity index (χ4n) is 3.15. The molecule has 2 heterocycles. The summed E-state index contributed by atoms with van der Waals surface area (Å²) in [6.07, 6.45) is 4.31. The zero-order chi connectivity index (χ0) is 9.54. The third kappa shape index (κ3) is 1.59. The van der Waals surface area contributed by atoms with Crippen LogP contribution in [0.3, 0.4) is 0 Å². The minimum atomic E-state index is 0.828. The normalized spacial score (nSPS) is 46.9. The predicted octanol–water partition coefficient (Wildman–Crippen LogP) is 1.17. The summed E-state index contributed by atoms with van der Waals surface area (Å²) in [5.74, 6) is 2.41. The van der Waals surface area contributed by atoms with Gasteiger partial charge in [0.1, 0.15) is 0 Å². The number of hydrogen-bond donors (Lipinski definition) is 1. The maximum atomic E-state index is 3.37. The first-order chi connectivity index (χ1) is 6.85. The van der Waals surface area contributed by atoms with Crippen LogP contribution in [0, 0.1) is 5.92 Å². The van der Waals surface area contributed by atoms with E-state index < -0.39 is 0 Å². The van der Waals surface area contributed by atoms with E-state index in [1.165, 1.54) is 38.1 Å². The lowest BCUT2D eigenvalue weighted by molar-refractivity contribution is 0.144. The van der Waals surface area contributed by atoms with E-state index in [9.17, 15) is 0 Å². The smallest absolute Gasteiger partial charge is 0.0198 e. The van der Waals surface area contributed by atoms with Gasteiger partial charge in [-0.3, -0.25) is 4.90 Å². The number of fused-ring (bicyclic) bond motifs is 2. The lowest BCUT2D eigenvalue weighted by Gasteiger charge is -2.39. The van der Waals surface area contributed by atoms with E-state index in [1.807, 2.05) is 0 Å². The molecule has 2 aliphatic heterocycles. The molecule has 1 N–H and O–H groups in total. The number of hydrogen-bond acceptors (Lipinski definition) is 3. The fourth-order valence-corrected chi connectivity index (χ4v) is 4.65. The van der Waals surface area contributed by atoms with Gasteiger partial charge in [-0.05, 0) is 32.2 Å². The van der Waals surface area contributed by atoms with E-state index >= 15 is 0 Å². The molecule has 14 heavy (non-hydrogen) atoms. The topological polar surface area (TPSA) is 15.3 Å². The fraction of sp³-hybridized carbons (Fsp3) is 1.00. The van der Waals surface area contributed by atoms with Crippen LogP contribution in [-0.4, -0.2) is 48.1 Å². The highest BCUT2D eigenvalue weighted by atomic mass is 32.2. The van der Waals surface area contributed by atoms with Crippen LogP contribution in [0.25, 0.3) is 0 Å². The van der Waals surface area contributed by atoms with Crippen LogP contribution in [-0.2, 0) is 0 Å². The Morgan fingerprint density at radius 1 is 1.36 bits per heavy atom. The summed E-state index contributed by atoms with van der Waals surface area (Å²) in [5, 5.41) is 4.35. The van der Waals surface area contributed by atoms with Gasteiger partial charge in [-0.25, -0.2) is 0 Å². The van der Waals surface area contributed by atoms with Crippen molar-refractivity contribution in [2.45, 2.75) is 36.6 Å². The summed E-state index contributed by atoms with van der Waals surface area (Å²) in [4.78, 5) is 2.76. The molecule has 2 bridgehead atoms. The zero-order valence-electron chi connectivity index (χ0n) is 8.91. The number of rotatable bonds is 3. The van der Waals surface area contributed by atoms with Gasteiger partial charge in [0.15, 0.2) is 0 Å². The predicted molar refractivity (Wildman–Crippen MR) is 61.8 cm³/mol. The highest BCUT2D eigenvalue weighted by molar-refractivity contribution is 8.00. The second-order valence-corrected chi connectivity index (χ2v) is 6.46. The van der Waals surface area contributed by atoms with E-state index in [2.05, 4.69) is 29.0 Å². The molecule has 1 saturated carbocycles. The molecule has 1 aliphatic carbocycles. The lowest BCUT2D eigenvalue weighted by Crippen LogP contribution is -2.46. The standard InChI is InChI=1S/C11H20N2S/c1-12-9-2-8(3-9)5-13-6-11-4-10(13)7-14-11/h8-12H,2-7H2,1H3. The van der Waals surface area contributed by atoms with Gasteiger partial charge in [-0.1, -0.05) is 0 Å². The number of likely N-dealkylation sites (tertiary alicyclic amines) is 1. The van der Waals surface area contributed by atoms with Gasteiger partial charge < -0.3 is 5.32 Å². The number of nitrogens with one attached hydrogen (secondary N) is 1. The van der Waals surface area contributed by atoms with Crippen molar-refractivity contribution < 1.29 is 0 Å². The van der Waals surface area contributed by atoms with E-state index in [4.69, 9.17) is 0 Å². The third-order valence-electron chi connectivity index (χ3n) is 4.15. The minimum absolute atomic E-state index is 0.828. The van der Waals surface area contributed by atoms with Crippen molar-refractivity contribution in [2.75, 3.05) is 25.9 Å². The first-order valence-electron chi connectivity index (χ1n) is 5.88. The van der Waals surface area contributed by atoms with Gasteiger partial charge in [0.25, 0.3) is 0 Å². The third-order valence-corrected chi connectivity index (χ3v) is 5.54. The van der Waals surface area contributed by atoms with E-state index in [0.717, 1.165) is 23.3 Å². The SMILES string of the molecule is CNC1CC(CN2CC3CC2CS3)C1. The molecule has 3 heteroatoms. The van der Waals surface area contributed by atoms with Crippen LogP contribution < -0.4 is 5.32 Å². The molecule has 0 spiro atoms. The van der Waals surface area contributed by atoms with Crippen LogP contribution in [0.2, 0.25) is 0 Å². The molecule has 3 rings (SSSR count). The Bertz CT molecular complexity index is 215. The molecule has 3 aliphatic rings. The summed E-state index contributed by atoms with van der Waals surface area (Å²) >= 11 is 2.20. The average molecular weight is 212 g/mol. The quantitative estimate of drug-likeness (QED) is 0.756. The molecule has 0 aromatic rings. The van der Waals surface area contributed by atoms with Crippen molar-refractivity contribution in [1.82, 2.24) is 10.2 Å². The van der Waals surface area contributed by atoms with Crippen LogP contribution >= 0.6 is 11.8 Å². The molecule has 0 aromatic heterocycles. The molecule has 2 atom stereocenters. The molecule has 2 saturated heterocycles. The van der Waals surface area contributed by atoms with Gasteiger partial charge >= 0.3 is 0 Å². The average Bonchev–Trinajstić information content (AvgIpc) is 2.71. The van der Waals surface area contributed by atoms with Crippen molar-refractivity contribution in [1.29, 1.82) is 0 Å². The molecule has 2 nitrogen and oxygen atoms in total. The zero-order valence-corrected chi connectivity index (χ0v) is 9.72. The molecule has 2 unspecified atom stereocenters. The van der Waals surface area contributed by atoms with Crippen molar-refractivity contribution in [2.24, 2.45) is 5.92 Å². The summed E-state index contributed by atoms with van der Waals surface area (Å²) < 4.78 is 0. The summed E-state index contributed by atoms with van der Waals surface area (Å²) in [5.41, 5.74) is 0. The molecule has 0 radical (unpaired) electrons. The summed E-state index contributed by atoms with van der Waals surface area (Å²) in [7, 11) is 2.09. The molecule has 3 fully saturated rings. The summed E-state index contributed by atoms with van der Waals surface area (Å²) in [6.45, 7) is 2.77.